The Labute approximate surface area is 117 Å². The molecule has 0 heterocycles. The van der Waals surface area contributed by atoms with Crippen molar-refractivity contribution in [2.45, 2.75) is 32.8 Å². The standard InChI is InChI=1S/C14H20F3NO2/c1-10(2)13(9-19-3)18-8-11-5-4-6-12(7-11)20-14(15,16)17/h4-7,10,13,18H,8-9H2,1-3H3. The van der Waals surface area contributed by atoms with Crippen molar-refractivity contribution < 1.29 is 22.6 Å². The van der Waals surface area contributed by atoms with E-state index in [1.807, 2.05) is 0 Å². The first-order valence-electron chi connectivity index (χ1n) is 6.39. The Hall–Kier alpha value is -1.27. The third-order valence-electron chi connectivity index (χ3n) is 2.85. The molecule has 0 aliphatic heterocycles. The van der Waals surface area contributed by atoms with Gasteiger partial charge < -0.3 is 14.8 Å². The summed E-state index contributed by atoms with van der Waals surface area (Å²) in [6.45, 7) is 5.12. The topological polar surface area (TPSA) is 30.5 Å². The van der Waals surface area contributed by atoms with Gasteiger partial charge in [0.15, 0.2) is 0 Å². The first kappa shape index (κ1) is 16.8. The number of halogens is 3. The Morgan fingerprint density at radius 1 is 1.25 bits per heavy atom. The Morgan fingerprint density at radius 2 is 1.95 bits per heavy atom. The summed E-state index contributed by atoms with van der Waals surface area (Å²) >= 11 is 0. The zero-order chi connectivity index (χ0) is 15.2. The van der Waals surface area contributed by atoms with Gasteiger partial charge in [-0.25, -0.2) is 0 Å². The molecule has 1 N–H and O–H groups in total. The second-order valence-corrected chi connectivity index (χ2v) is 4.88. The Morgan fingerprint density at radius 3 is 2.50 bits per heavy atom. The van der Waals surface area contributed by atoms with Crippen molar-refractivity contribution in [3.63, 3.8) is 0 Å². The van der Waals surface area contributed by atoms with Gasteiger partial charge in [-0.05, 0) is 23.6 Å². The zero-order valence-electron chi connectivity index (χ0n) is 11.8. The van der Waals surface area contributed by atoms with Gasteiger partial charge in [-0.3, -0.25) is 0 Å². The number of alkyl halides is 3. The van der Waals surface area contributed by atoms with Crippen molar-refractivity contribution in [1.29, 1.82) is 0 Å². The number of methoxy groups -OCH3 is 1. The van der Waals surface area contributed by atoms with Crippen LogP contribution in [0.25, 0.3) is 0 Å². The lowest BCUT2D eigenvalue weighted by Crippen LogP contribution is -2.37. The first-order valence-corrected chi connectivity index (χ1v) is 6.39. The van der Waals surface area contributed by atoms with Crippen LogP contribution in [0.5, 0.6) is 5.75 Å². The highest BCUT2D eigenvalue weighted by Crippen LogP contribution is 2.23. The van der Waals surface area contributed by atoms with Crippen LogP contribution in [-0.2, 0) is 11.3 Å². The summed E-state index contributed by atoms with van der Waals surface area (Å²) in [5.41, 5.74) is 0.730. The van der Waals surface area contributed by atoms with Gasteiger partial charge in [0.05, 0.1) is 6.61 Å². The van der Waals surface area contributed by atoms with Crippen LogP contribution in [0.4, 0.5) is 13.2 Å². The lowest BCUT2D eigenvalue weighted by atomic mass is 10.0. The molecule has 1 unspecified atom stereocenters. The monoisotopic (exact) mass is 291 g/mol. The molecule has 0 amide bonds. The molecule has 1 atom stereocenters. The predicted octanol–water partition coefficient (Wildman–Crippen LogP) is 3.35. The maximum Gasteiger partial charge on any atom is 0.573 e. The Balaban J connectivity index is 2.61. The van der Waals surface area contributed by atoms with E-state index < -0.39 is 6.36 Å². The number of rotatable bonds is 7. The predicted molar refractivity (Wildman–Crippen MR) is 70.5 cm³/mol. The molecule has 0 radical (unpaired) electrons. The van der Waals surface area contributed by atoms with Gasteiger partial charge in [-0.1, -0.05) is 26.0 Å². The van der Waals surface area contributed by atoms with Gasteiger partial charge in [-0.15, -0.1) is 13.2 Å². The largest absolute Gasteiger partial charge is 0.573 e. The lowest BCUT2D eigenvalue weighted by molar-refractivity contribution is -0.274. The van der Waals surface area contributed by atoms with Crippen molar-refractivity contribution in [3.8, 4) is 5.75 Å². The molecule has 114 valence electrons. The van der Waals surface area contributed by atoms with E-state index in [0.717, 1.165) is 5.56 Å². The minimum Gasteiger partial charge on any atom is -0.406 e. The molecule has 0 bridgehead atoms. The quantitative estimate of drug-likeness (QED) is 0.835. The number of hydrogen-bond donors (Lipinski definition) is 1. The van der Waals surface area contributed by atoms with E-state index >= 15 is 0 Å². The van der Waals surface area contributed by atoms with Crippen LogP contribution in [0, 0.1) is 5.92 Å². The summed E-state index contributed by atoms with van der Waals surface area (Å²) in [4.78, 5) is 0. The molecule has 0 aliphatic rings. The smallest absolute Gasteiger partial charge is 0.406 e. The van der Waals surface area contributed by atoms with Crippen LogP contribution in [0.1, 0.15) is 19.4 Å². The summed E-state index contributed by atoms with van der Waals surface area (Å²) in [6, 6.07) is 6.10. The Bertz CT molecular complexity index is 408. The van der Waals surface area contributed by atoms with Crippen LogP contribution in [0.15, 0.2) is 24.3 Å². The highest BCUT2D eigenvalue weighted by molar-refractivity contribution is 5.28. The van der Waals surface area contributed by atoms with E-state index in [1.54, 1.807) is 19.2 Å². The molecule has 1 aromatic rings. The molecule has 0 saturated heterocycles. The van der Waals surface area contributed by atoms with Crippen molar-refractivity contribution in [2.75, 3.05) is 13.7 Å². The van der Waals surface area contributed by atoms with E-state index in [2.05, 4.69) is 23.9 Å². The normalized spacial score (nSPS) is 13.6. The molecule has 20 heavy (non-hydrogen) atoms. The van der Waals surface area contributed by atoms with Crippen molar-refractivity contribution in [3.05, 3.63) is 29.8 Å². The fraction of sp³-hybridized carbons (Fsp3) is 0.571. The van der Waals surface area contributed by atoms with Gasteiger partial charge in [0.2, 0.25) is 0 Å². The number of benzene rings is 1. The molecule has 3 nitrogen and oxygen atoms in total. The summed E-state index contributed by atoms with van der Waals surface area (Å²) in [6.07, 6.45) is -4.66. The SMILES string of the molecule is COCC(NCc1cccc(OC(F)(F)F)c1)C(C)C. The molecule has 0 saturated carbocycles. The molecule has 1 aromatic carbocycles. The maximum atomic E-state index is 12.1. The molecule has 0 fully saturated rings. The minimum absolute atomic E-state index is 0.146. The molecular formula is C14H20F3NO2. The van der Waals surface area contributed by atoms with Gasteiger partial charge in [0.1, 0.15) is 5.75 Å². The maximum absolute atomic E-state index is 12.1. The molecule has 6 heteroatoms. The molecular weight excluding hydrogens is 271 g/mol. The van der Waals surface area contributed by atoms with Gasteiger partial charge in [0, 0.05) is 19.7 Å². The summed E-state index contributed by atoms with van der Waals surface area (Å²) in [7, 11) is 1.62. The number of hydrogen-bond acceptors (Lipinski definition) is 3. The fourth-order valence-electron chi connectivity index (χ4n) is 1.77. The van der Waals surface area contributed by atoms with Crippen LogP contribution in [0.3, 0.4) is 0 Å². The van der Waals surface area contributed by atoms with Crippen LogP contribution in [0.2, 0.25) is 0 Å². The van der Waals surface area contributed by atoms with E-state index in [-0.39, 0.29) is 11.8 Å². The van der Waals surface area contributed by atoms with Gasteiger partial charge in [0.25, 0.3) is 0 Å². The minimum atomic E-state index is -4.66. The highest BCUT2D eigenvalue weighted by Gasteiger charge is 2.31. The van der Waals surface area contributed by atoms with Crippen molar-refractivity contribution in [2.24, 2.45) is 5.92 Å². The van der Waals surface area contributed by atoms with Crippen LogP contribution >= 0.6 is 0 Å². The number of nitrogens with one attached hydrogen (secondary N) is 1. The molecule has 1 rings (SSSR count). The second-order valence-electron chi connectivity index (χ2n) is 4.88. The van der Waals surface area contributed by atoms with Crippen LogP contribution < -0.4 is 10.1 Å². The molecule has 0 aliphatic carbocycles. The fourth-order valence-corrected chi connectivity index (χ4v) is 1.77. The van der Waals surface area contributed by atoms with E-state index in [4.69, 9.17) is 4.74 Å². The average Bonchev–Trinajstić information content (AvgIpc) is 2.32. The van der Waals surface area contributed by atoms with Crippen molar-refractivity contribution in [1.82, 2.24) is 5.32 Å². The third-order valence-corrected chi connectivity index (χ3v) is 2.85. The second kappa shape index (κ2) is 7.50. The van der Waals surface area contributed by atoms with Gasteiger partial charge >= 0.3 is 6.36 Å². The summed E-state index contributed by atoms with van der Waals surface area (Å²) in [5, 5.41) is 3.26. The molecule has 0 spiro atoms. The third kappa shape index (κ3) is 6.25. The van der Waals surface area contributed by atoms with E-state index in [1.165, 1.54) is 12.1 Å². The van der Waals surface area contributed by atoms with E-state index in [9.17, 15) is 13.2 Å². The van der Waals surface area contributed by atoms with Crippen molar-refractivity contribution >= 4 is 0 Å². The number of ether oxygens (including phenoxy) is 2. The average molecular weight is 291 g/mol. The lowest BCUT2D eigenvalue weighted by Gasteiger charge is -2.21. The highest BCUT2D eigenvalue weighted by atomic mass is 19.4. The molecule has 0 aromatic heterocycles. The summed E-state index contributed by atoms with van der Waals surface area (Å²) in [5.74, 6) is 0.161. The van der Waals surface area contributed by atoms with E-state index in [0.29, 0.717) is 19.1 Å². The zero-order valence-corrected chi connectivity index (χ0v) is 11.8. The van der Waals surface area contributed by atoms with Crippen LogP contribution in [-0.4, -0.2) is 26.1 Å². The summed E-state index contributed by atoms with van der Waals surface area (Å²) < 4.78 is 45.4. The van der Waals surface area contributed by atoms with Gasteiger partial charge in [-0.2, -0.15) is 0 Å². The first-order chi connectivity index (χ1) is 9.31. The Kier molecular flexibility index (Phi) is 6.29.